The van der Waals surface area contributed by atoms with E-state index in [1.165, 1.54) is 17.3 Å². The summed E-state index contributed by atoms with van der Waals surface area (Å²) in [6, 6.07) is 20.0. The molecule has 0 radical (unpaired) electrons. The Balaban J connectivity index is 1.50. The number of hydrogen-bond donors (Lipinski definition) is 0. The summed E-state index contributed by atoms with van der Waals surface area (Å²) in [7, 11) is 0. The van der Waals surface area contributed by atoms with Crippen LogP contribution in [0.25, 0.3) is 0 Å². The minimum absolute atomic E-state index is 0.0309. The molecule has 0 unspecified atom stereocenters. The lowest BCUT2D eigenvalue weighted by molar-refractivity contribution is -0.116. The fourth-order valence-corrected chi connectivity index (χ4v) is 4.08. The van der Waals surface area contributed by atoms with Crippen LogP contribution in [0.15, 0.2) is 78.5 Å². The van der Waals surface area contributed by atoms with Crippen LogP contribution in [0.2, 0.25) is 0 Å². The van der Waals surface area contributed by atoms with Gasteiger partial charge < -0.3 is 9.47 Å². The van der Waals surface area contributed by atoms with Crippen LogP contribution >= 0.6 is 11.8 Å². The van der Waals surface area contributed by atoms with Crippen molar-refractivity contribution in [3.63, 3.8) is 0 Å². The molecule has 1 fully saturated rings. The van der Waals surface area contributed by atoms with Crippen LogP contribution in [-0.4, -0.2) is 33.0 Å². The fraction of sp³-hybridized carbons (Fsp3) is 0.261. The Morgan fingerprint density at radius 3 is 2.45 bits per heavy atom. The van der Waals surface area contributed by atoms with Crippen molar-refractivity contribution < 1.29 is 4.79 Å². The lowest BCUT2D eigenvalue weighted by Gasteiger charge is -2.21. The number of benzene rings is 2. The third-order valence-corrected chi connectivity index (χ3v) is 5.83. The zero-order valence-electron chi connectivity index (χ0n) is 16.3. The van der Waals surface area contributed by atoms with Gasteiger partial charge in [-0.05, 0) is 30.5 Å². The van der Waals surface area contributed by atoms with E-state index in [-0.39, 0.29) is 5.91 Å². The molecule has 148 valence electrons. The molecule has 1 saturated carbocycles. The predicted molar refractivity (Wildman–Crippen MR) is 117 cm³/mol. The van der Waals surface area contributed by atoms with Gasteiger partial charge in [-0.3, -0.25) is 4.79 Å². The van der Waals surface area contributed by atoms with Gasteiger partial charge in [0.15, 0.2) is 5.16 Å². The van der Waals surface area contributed by atoms with Gasteiger partial charge in [0.25, 0.3) is 0 Å². The van der Waals surface area contributed by atoms with Crippen LogP contribution in [0.5, 0.6) is 0 Å². The van der Waals surface area contributed by atoms with E-state index in [4.69, 9.17) is 0 Å². The number of nitrogens with zero attached hydrogens (tertiary/aromatic N) is 4. The van der Waals surface area contributed by atoms with Crippen molar-refractivity contribution in [3.8, 4) is 0 Å². The molecule has 0 spiro atoms. The maximum atomic E-state index is 12.9. The van der Waals surface area contributed by atoms with Gasteiger partial charge in [0.1, 0.15) is 5.82 Å². The number of amides is 1. The molecule has 1 amide bonds. The molecule has 0 saturated heterocycles. The summed E-state index contributed by atoms with van der Waals surface area (Å²) < 4.78 is 2.17. The van der Waals surface area contributed by atoms with Crippen molar-refractivity contribution in [1.29, 1.82) is 0 Å². The van der Waals surface area contributed by atoms with Gasteiger partial charge in [0.2, 0.25) is 5.91 Å². The zero-order chi connectivity index (χ0) is 20.1. The van der Waals surface area contributed by atoms with Gasteiger partial charge in [-0.25, -0.2) is 0 Å². The molecule has 0 aliphatic heterocycles. The van der Waals surface area contributed by atoms with E-state index < -0.39 is 0 Å². The molecule has 0 atom stereocenters. The first-order valence-corrected chi connectivity index (χ1v) is 10.8. The highest BCUT2D eigenvalue weighted by Gasteiger charge is 2.30. The Morgan fingerprint density at radius 2 is 1.79 bits per heavy atom. The van der Waals surface area contributed by atoms with E-state index in [1.807, 2.05) is 48.5 Å². The average molecular weight is 405 g/mol. The fourth-order valence-electron chi connectivity index (χ4n) is 3.26. The lowest BCUT2D eigenvalue weighted by atomic mass is 10.2. The van der Waals surface area contributed by atoms with Crippen LogP contribution in [0.1, 0.15) is 30.1 Å². The van der Waals surface area contributed by atoms with Gasteiger partial charge in [0.05, 0.1) is 12.3 Å². The Bertz CT molecular complexity index is 967. The summed E-state index contributed by atoms with van der Waals surface area (Å²) in [5.74, 6) is 1.87. The smallest absolute Gasteiger partial charge is 0.237 e. The number of carbonyl (C=O) groups is 1. The van der Waals surface area contributed by atoms with E-state index in [1.54, 1.807) is 11.0 Å². The van der Waals surface area contributed by atoms with E-state index in [0.717, 1.165) is 36.1 Å². The molecule has 6 heteroatoms. The first-order chi connectivity index (χ1) is 14.3. The normalized spacial score (nSPS) is 13.2. The number of anilines is 1. The largest absolute Gasteiger partial charge is 0.308 e. The number of rotatable bonds is 9. The quantitative estimate of drug-likeness (QED) is 0.389. The molecule has 0 N–H and O–H groups in total. The lowest BCUT2D eigenvalue weighted by Crippen LogP contribution is -2.32. The highest BCUT2D eigenvalue weighted by molar-refractivity contribution is 7.99. The third-order valence-electron chi connectivity index (χ3n) is 4.88. The van der Waals surface area contributed by atoms with E-state index in [0.29, 0.717) is 18.2 Å². The van der Waals surface area contributed by atoms with Crippen molar-refractivity contribution in [2.45, 2.75) is 30.5 Å². The molecule has 4 rings (SSSR count). The van der Waals surface area contributed by atoms with Crippen molar-refractivity contribution in [3.05, 3.63) is 84.7 Å². The minimum atomic E-state index is 0.0309. The van der Waals surface area contributed by atoms with Gasteiger partial charge >= 0.3 is 0 Å². The van der Waals surface area contributed by atoms with Crippen LogP contribution < -0.4 is 4.90 Å². The number of aromatic nitrogens is 3. The molecule has 3 aromatic rings. The summed E-state index contributed by atoms with van der Waals surface area (Å²) in [4.78, 5) is 14.7. The summed E-state index contributed by atoms with van der Waals surface area (Å²) in [5, 5.41) is 9.65. The Hall–Kier alpha value is -2.86. The molecule has 2 aromatic carbocycles. The molecule has 29 heavy (non-hydrogen) atoms. The number of carbonyl (C=O) groups excluding carboxylic acids is 1. The van der Waals surface area contributed by atoms with Crippen LogP contribution in [0.3, 0.4) is 0 Å². The second-order valence-corrected chi connectivity index (χ2v) is 8.05. The van der Waals surface area contributed by atoms with Crippen molar-refractivity contribution >= 4 is 23.4 Å². The van der Waals surface area contributed by atoms with Crippen molar-refractivity contribution in [1.82, 2.24) is 14.8 Å². The minimum Gasteiger partial charge on any atom is -0.308 e. The first-order valence-electron chi connectivity index (χ1n) is 9.82. The molecule has 1 aliphatic rings. The molecular weight excluding hydrogens is 380 g/mol. The molecule has 5 nitrogen and oxygen atoms in total. The molecular formula is C23H24N4OS. The third kappa shape index (κ3) is 4.77. The SMILES string of the molecule is C=CCN(C(=O)CSc1nnc(C2CC2)n1Cc1ccccc1)c1ccccc1. The van der Waals surface area contributed by atoms with E-state index >= 15 is 0 Å². The zero-order valence-corrected chi connectivity index (χ0v) is 17.1. The molecule has 1 aromatic heterocycles. The Morgan fingerprint density at radius 1 is 1.10 bits per heavy atom. The van der Waals surface area contributed by atoms with Gasteiger partial charge in [-0.1, -0.05) is 66.4 Å². The van der Waals surface area contributed by atoms with Gasteiger partial charge in [0, 0.05) is 18.2 Å². The van der Waals surface area contributed by atoms with Gasteiger partial charge in [-0.15, -0.1) is 16.8 Å². The van der Waals surface area contributed by atoms with Crippen LogP contribution in [0.4, 0.5) is 5.69 Å². The molecule has 0 bridgehead atoms. The monoisotopic (exact) mass is 404 g/mol. The number of hydrogen-bond acceptors (Lipinski definition) is 4. The van der Waals surface area contributed by atoms with Crippen molar-refractivity contribution in [2.24, 2.45) is 0 Å². The highest BCUT2D eigenvalue weighted by atomic mass is 32.2. The summed E-state index contributed by atoms with van der Waals surface area (Å²) in [6.07, 6.45) is 4.08. The van der Waals surface area contributed by atoms with E-state index in [9.17, 15) is 4.79 Å². The van der Waals surface area contributed by atoms with Crippen LogP contribution in [0, 0.1) is 0 Å². The molecule has 1 heterocycles. The van der Waals surface area contributed by atoms with Gasteiger partial charge in [-0.2, -0.15) is 0 Å². The average Bonchev–Trinajstić information content (AvgIpc) is 3.53. The molecule has 1 aliphatic carbocycles. The summed E-state index contributed by atoms with van der Waals surface area (Å²) in [5.41, 5.74) is 2.09. The Labute approximate surface area is 175 Å². The summed E-state index contributed by atoms with van der Waals surface area (Å²) in [6.45, 7) is 5.00. The van der Waals surface area contributed by atoms with Crippen molar-refractivity contribution in [2.75, 3.05) is 17.2 Å². The standard InChI is InChI=1S/C23H24N4OS/c1-2-15-26(20-11-7-4-8-12-20)21(28)17-29-23-25-24-22(19-13-14-19)27(23)16-18-9-5-3-6-10-18/h2-12,19H,1,13-17H2. The topological polar surface area (TPSA) is 51.0 Å². The maximum absolute atomic E-state index is 12.9. The Kier molecular flexibility index (Phi) is 6.10. The first kappa shape index (κ1) is 19.5. The second kappa shape index (κ2) is 9.09. The second-order valence-electron chi connectivity index (χ2n) is 7.10. The predicted octanol–water partition coefficient (Wildman–Crippen LogP) is 4.52. The van der Waals surface area contributed by atoms with E-state index in [2.05, 4.69) is 33.5 Å². The van der Waals surface area contributed by atoms with Crippen LogP contribution in [-0.2, 0) is 11.3 Å². The number of para-hydroxylation sites is 1. The summed E-state index contributed by atoms with van der Waals surface area (Å²) >= 11 is 1.45. The highest BCUT2D eigenvalue weighted by Crippen LogP contribution is 2.40. The number of thioether (sulfide) groups is 1. The maximum Gasteiger partial charge on any atom is 0.237 e.